The van der Waals surface area contributed by atoms with Crippen LogP contribution in [0.3, 0.4) is 0 Å². The minimum absolute atomic E-state index is 0.0889. The van der Waals surface area contributed by atoms with Gasteiger partial charge in [0.2, 0.25) is 5.89 Å². The number of methoxy groups -OCH3 is 1. The van der Waals surface area contributed by atoms with Crippen LogP contribution in [0.5, 0.6) is 0 Å². The van der Waals surface area contributed by atoms with E-state index in [1.807, 2.05) is 4.90 Å². The number of piperidine rings is 1. The van der Waals surface area contributed by atoms with E-state index in [2.05, 4.69) is 15.3 Å². The molecule has 2 fully saturated rings. The standard InChI is InChI=1S/C18H24N4O4/c1-12-11-14(20-25-12)16(23)22-8-5-18(6-9-22,7-10-24-2)17-19-15(26-21-17)13-3-4-13/h11,13H,3-10H2,1-2H3. The number of ether oxygens (including phenoxy) is 1. The maximum Gasteiger partial charge on any atom is 0.276 e. The number of carbonyl (C=O) groups is 1. The molecule has 0 aromatic carbocycles. The Balaban J connectivity index is 1.49. The van der Waals surface area contributed by atoms with Crippen molar-refractivity contribution in [3.05, 3.63) is 29.2 Å². The fraction of sp³-hybridized carbons (Fsp3) is 0.667. The van der Waals surface area contributed by atoms with Crippen molar-refractivity contribution in [1.29, 1.82) is 0 Å². The van der Waals surface area contributed by atoms with Gasteiger partial charge >= 0.3 is 0 Å². The lowest BCUT2D eigenvalue weighted by molar-refractivity contribution is 0.0606. The highest BCUT2D eigenvalue weighted by molar-refractivity contribution is 5.92. The molecule has 0 bridgehead atoms. The molecule has 2 aliphatic rings. The molecule has 140 valence electrons. The molecule has 0 spiro atoms. The zero-order chi connectivity index (χ0) is 18.1. The summed E-state index contributed by atoms with van der Waals surface area (Å²) in [6, 6.07) is 1.68. The number of hydrogen-bond donors (Lipinski definition) is 0. The van der Waals surface area contributed by atoms with Crippen molar-refractivity contribution in [2.24, 2.45) is 0 Å². The van der Waals surface area contributed by atoms with Crippen molar-refractivity contribution in [1.82, 2.24) is 20.2 Å². The van der Waals surface area contributed by atoms with Crippen LogP contribution in [0.4, 0.5) is 0 Å². The fourth-order valence-electron chi connectivity index (χ4n) is 3.60. The van der Waals surface area contributed by atoms with Gasteiger partial charge in [-0.05, 0) is 39.0 Å². The van der Waals surface area contributed by atoms with E-state index in [-0.39, 0.29) is 11.3 Å². The quantitative estimate of drug-likeness (QED) is 0.781. The highest BCUT2D eigenvalue weighted by Gasteiger charge is 2.42. The van der Waals surface area contributed by atoms with Crippen molar-refractivity contribution >= 4 is 5.91 Å². The predicted octanol–water partition coefficient (Wildman–Crippen LogP) is 2.45. The normalized spacial score (nSPS) is 19.7. The molecular weight excluding hydrogens is 336 g/mol. The lowest BCUT2D eigenvalue weighted by Gasteiger charge is -2.39. The maximum absolute atomic E-state index is 12.6. The van der Waals surface area contributed by atoms with Gasteiger partial charge in [-0.15, -0.1) is 0 Å². The van der Waals surface area contributed by atoms with Gasteiger partial charge in [0.15, 0.2) is 11.5 Å². The largest absolute Gasteiger partial charge is 0.385 e. The highest BCUT2D eigenvalue weighted by Crippen LogP contribution is 2.42. The lowest BCUT2D eigenvalue weighted by atomic mass is 9.75. The minimum Gasteiger partial charge on any atom is -0.385 e. The van der Waals surface area contributed by atoms with Crippen molar-refractivity contribution in [2.45, 2.75) is 50.4 Å². The van der Waals surface area contributed by atoms with Crippen LogP contribution < -0.4 is 0 Å². The van der Waals surface area contributed by atoms with E-state index in [4.69, 9.17) is 13.8 Å². The summed E-state index contributed by atoms with van der Waals surface area (Å²) in [4.78, 5) is 19.1. The summed E-state index contributed by atoms with van der Waals surface area (Å²) in [5.74, 6) is 2.51. The van der Waals surface area contributed by atoms with E-state index in [0.717, 1.165) is 43.8 Å². The third kappa shape index (κ3) is 3.25. The minimum atomic E-state index is -0.205. The molecule has 3 heterocycles. The molecule has 0 radical (unpaired) electrons. The summed E-state index contributed by atoms with van der Waals surface area (Å²) in [6.07, 6.45) is 4.64. The molecule has 1 saturated heterocycles. The zero-order valence-corrected chi connectivity index (χ0v) is 15.2. The molecule has 8 heteroatoms. The summed E-state index contributed by atoms with van der Waals surface area (Å²) in [5.41, 5.74) is 0.158. The van der Waals surface area contributed by atoms with E-state index in [0.29, 0.717) is 37.1 Å². The van der Waals surface area contributed by atoms with Gasteiger partial charge < -0.3 is 18.7 Å². The molecule has 26 heavy (non-hydrogen) atoms. The average molecular weight is 360 g/mol. The lowest BCUT2D eigenvalue weighted by Crippen LogP contribution is -2.46. The number of rotatable bonds is 6. The van der Waals surface area contributed by atoms with Crippen LogP contribution in [0.1, 0.15) is 66.0 Å². The number of likely N-dealkylation sites (tertiary alicyclic amines) is 1. The van der Waals surface area contributed by atoms with Gasteiger partial charge in [0, 0.05) is 44.2 Å². The Morgan fingerprint density at radius 2 is 2.08 bits per heavy atom. The Labute approximate surface area is 151 Å². The van der Waals surface area contributed by atoms with Crippen molar-refractivity contribution in [2.75, 3.05) is 26.8 Å². The maximum atomic E-state index is 12.6. The average Bonchev–Trinajstić information content (AvgIpc) is 3.22. The summed E-state index contributed by atoms with van der Waals surface area (Å²) in [7, 11) is 1.70. The first kappa shape index (κ1) is 17.2. The summed E-state index contributed by atoms with van der Waals surface area (Å²) >= 11 is 0. The van der Waals surface area contributed by atoms with Gasteiger partial charge in [0.05, 0.1) is 0 Å². The molecule has 2 aromatic heterocycles. The molecule has 1 amide bonds. The van der Waals surface area contributed by atoms with E-state index in [1.54, 1.807) is 20.1 Å². The molecule has 0 N–H and O–H groups in total. The predicted molar refractivity (Wildman–Crippen MR) is 90.8 cm³/mol. The number of hydrogen-bond acceptors (Lipinski definition) is 7. The first-order chi connectivity index (χ1) is 12.6. The van der Waals surface area contributed by atoms with Crippen molar-refractivity contribution < 1.29 is 18.6 Å². The Morgan fingerprint density at radius 1 is 1.31 bits per heavy atom. The van der Waals surface area contributed by atoms with Crippen LogP contribution in [0.25, 0.3) is 0 Å². The Morgan fingerprint density at radius 3 is 2.69 bits per heavy atom. The molecule has 1 aliphatic carbocycles. The number of aryl methyl sites for hydroxylation is 1. The van der Waals surface area contributed by atoms with Crippen LogP contribution in [0.15, 0.2) is 15.1 Å². The molecule has 1 saturated carbocycles. The van der Waals surface area contributed by atoms with Crippen LogP contribution in [-0.2, 0) is 10.2 Å². The van der Waals surface area contributed by atoms with E-state index in [1.165, 1.54) is 0 Å². The number of aromatic nitrogens is 3. The van der Waals surface area contributed by atoms with Crippen LogP contribution in [0, 0.1) is 6.92 Å². The third-order valence-corrected chi connectivity index (χ3v) is 5.48. The Hall–Kier alpha value is -2.22. The first-order valence-corrected chi connectivity index (χ1v) is 9.17. The number of carbonyl (C=O) groups excluding carboxylic acids is 1. The topological polar surface area (TPSA) is 94.5 Å². The monoisotopic (exact) mass is 360 g/mol. The van der Waals surface area contributed by atoms with Gasteiger partial charge in [-0.2, -0.15) is 4.98 Å². The van der Waals surface area contributed by atoms with Gasteiger partial charge in [0.25, 0.3) is 5.91 Å². The molecule has 8 nitrogen and oxygen atoms in total. The van der Waals surface area contributed by atoms with Crippen LogP contribution in [-0.4, -0.2) is 52.9 Å². The molecule has 2 aromatic rings. The van der Waals surface area contributed by atoms with Crippen LogP contribution >= 0.6 is 0 Å². The summed E-state index contributed by atoms with van der Waals surface area (Å²) in [6.45, 7) is 3.66. The molecule has 1 aliphatic heterocycles. The van der Waals surface area contributed by atoms with Gasteiger partial charge in [-0.3, -0.25) is 4.79 Å². The molecule has 0 atom stereocenters. The second-order valence-electron chi connectivity index (χ2n) is 7.37. The first-order valence-electron chi connectivity index (χ1n) is 9.17. The van der Waals surface area contributed by atoms with E-state index in [9.17, 15) is 4.79 Å². The third-order valence-electron chi connectivity index (χ3n) is 5.48. The van der Waals surface area contributed by atoms with Crippen molar-refractivity contribution in [3.8, 4) is 0 Å². The smallest absolute Gasteiger partial charge is 0.276 e. The Bertz CT molecular complexity index is 772. The van der Waals surface area contributed by atoms with Crippen LogP contribution in [0.2, 0.25) is 0 Å². The van der Waals surface area contributed by atoms with Crippen molar-refractivity contribution in [3.63, 3.8) is 0 Å². The van der Waals surface area contributed by atoms with Gasteiger partial charge in [-0.1, -0.05) is 10.3 Å². The molecule has 4 rings (SSSR count). The van der Waals surface area contributed by atoms with Gasteiger partial charge in [0.1, 0.15) is 5.76 Å². The highest BCUT2D eigenvalue weighted by atomic mass is 16.5. The Kier molecular flexibility index (Phi) is 4.52. The summed E-state index contributed by atoms with van der Waals surface area (Å²) in [5, 5.41) is 8.12. The second-order valence-corrected chi connectivity index (χ2v) is 7.37. The fourth-order valence-corrected chi connectivity index (χ4v) is 3.60. The summed E-state index contributed by atoms with van der Waals surface area (Å²) < 4.78 is 15.8. The van der Waals surface area contributed by atoms with E-state index < -0.39 is 0 Å². The number of amides is 1. The molecular formula is C18H24N4O4. The zero-order valence-electron chi connectivity index (χ0n) is 15.2. The second kappa shape index (κ2) is 6.83. The van der Waals surface area contributed by atoms with E-state index >= 15 is 0 Å². The molecule has 0 unspecified atom stereocenters. The number of nitrogens with zero attached hydrogens (tertiary/aromatic N) is 4. The van der Waals surface area contributed by atoms with Gasteiger partial charge in [-0.25, -0.2) is 0 Å². The SMILES string of the molecule is COCCC1(c2noc(C3CC3)n2)CCN(C(=O)c2cc(C)on2)CC1.